The Morgan fingerprint density at radius 3 is 2.62 bits per heavy atom. The molecule has 3 nitrogen and oxygen atoms in total. The number of aromatic nitrogens is 1. The Bertz CT molecular complexity index is 411. The zero-order chi connectivity index (χ0) is 12.3. The summed E-state index contributed by atoms with van der Waals surface area (Å²) in [6.07, 6.45) is -4.31. The van der Waals surface area contributed by atoms with Crippen molar-refractivity contribution in [2.75, 3.05) is 0 Å². The summed E-state index contributed by atoms with van der Waals surface area (Å²) in [6.45, 7) is 0. The Kier molecular flexibility index (Phi) is 4.53. The van der Waals surface area contributed by atoms with Crippen LogP contribution < -0.4 is 4.74 Å². The Balaban J connectivity index is 3.21. The van der Waals surface area contributed by atoms with Gasteiger partial charge in [0.15, 0.2) is 12.0 Å². The fourth-order valence-electron chi connectivity index (χ4n) is 0.946. The van der Waals surface area contributed by atoms with E-state index >= 15 is 0 Å². The molecule has 0 amide bonds. The van der Waals surface area contributed by atoms with Gasteiger partial charge in [0.2, 0.25) is 0 Å². The molecular weight excluding hydrogens is 406 g/mol. The van der Waals surface area contributed by atoms with Gasteiger partial charge >= 0.3 is 6.36 Å². The molecule has 0 atom stereocenters. The predicted molar refractivity (Wildman–Crippen MR) is 61.7 cm³/mol. The first-order valence-corrected chi connectivity index (χ1v) is 6.03. The van der Waals surface area contributed by atoms with Gasteiger partial charge in [0.05, 0.1) is 9.26 Å². The Hall–Kier alpha value is -0.380. The van der Waals surface area contributed by atoms with E-state index in [-0.39, 0.29) is 26.0 Å². The predicted octanol–water partition coefficient (Wildman–Crippen LogP) is 3.29. The number of carbonyl (C=O) groups is 1. The fraction of sp³-hybridized carbons (Fsp3) is 0.250. The van der Waals surface area contributed by atoms with Crippen LogP contribution in [0.5, 0.6) is 5.75 Å². The summed E-state index contributed by atoms with van der Waals surface area (Å²) < 4.78 is 40.3. The average Bonchev–Trinajstić information content (AvgIpc) is 2.19. The minimum absolute atomic E-state index is 0.0336. The first-order valence-electron chi connectivity index (χ1n) is 3.83. The summed E-state index contributed by atoms with van der Waals surface area (Å²) in [7, 11) is 0. The van der Waals surface area contributed by atoms with Crippen LogP contribution in [0.3, 0.4) is 0 Å². The number of nitrogens with zero attached hydrogens (tertiary/aromatic N) is 1. The van der Waals surface area contributed by atoms with Crippen molar-refractivity contribution >= 4 is 44.8 Å². The largest absolute Gasteiger partial charge is 0.573 e. The lowest BCUT2D eigenvalue weighted by atomic mass is 10.3. The van der Waals surface area contributed by atoms with Crippen LogP contribution in [0.1, 0.15) is 16.2 Å². The fourth-order valence-corrected chi connectivity index (χ4v) is 2.07. The third kappa shape index (κ3) is 3.58. The van der Waals surface area contributed by atoms with E-state index in [9.17, 15) is 18.0 Å². The van der Waals surface area contributed by atoms with Crippen molar-refractivity contribution < 1.29 is 22.7 Å². The molecule has 0 aliphatic rings. The van der Waals surface area contributed by atoms with Gasteiger partial charge in [-0.1, -0.05) is 15.9 Å². The molecule has 8 heteroatoms. The molecule has 0 N–H and O–H groups in total. The van der Waals surface area contributed by atoms with Crippen molar-refractivity contribution in [1.82, 2.24) is 4.98 Å². The number of hydrogen-bond acceptors (Lipinski definition) is 3. The van der Waals surface area contributed by atoms with E-state index in [2.05, 4.69) is 25.7 Å². The van der Waals surface area contributed by atoms with Gasteiger partial charge in [-0.3, -0.25) is 4.79 Å². The average molecular weight is 410 g/mol. The minimum atomic E-state index is -4.78. The number of ether oxygens (including phenoxy) is 1. The molecule has 0 spiro atoms. The Morgan fingerprint density at radius 1 is 1.56 bits per heavy atom. The molecule has 0 aromatic carbocycles. The maximum atomic E-state index is 12.1. The van der Waals surface area contributed by atoms with Gasteiger partial charge in [0.25, 0.3) is 0 Å². The van der Waals surface area contributed by atoms with Crippen molar-refractivity contribution in [2.45, 2.75) is 11.7 Å². The second-order valence-electron chi connectivity index (χ2n) is 2.60. The van der Waals surface area contributed by atoms with Crippen molar-refractivity contribution in [1.29, 1.82) is 0 Å². The highest BCUT2D eigenvalue weighted by Gasteiger charge is 2.33. The SMILES string of the molecule is O=Cc1cc(I)c(OC(F)(F)F)c(CBr)n1. The second-order valence-corrected chi connectivity index (χ2v) is 4.33. The number of pyridine rings is 1. The molecule has 0 bridgehead atoms. The highest BCUT2D eigenvalue weighted by molar-refractivity contribution is 14.1. The topological polar surface area (TPSA) is 39.2 Å². The zero-order valence-electron chi connectivity index (χ0n) is 7.52. The normalized spacial score (nSPS) is 11.3. The van der Waals surface area contributed by atoms with Gasteiger partial charge in [0, 0.05) is 5.33 Å². The van der Waals surface area contributed by atoms with Crippen LogP contribution in [0.15, 0.2) is 6.07 Å². The minimum Gasteiger partial charge on any atom is -0.403 e. The molecule has 0 unspecified atom stereocenters. The lowest BCUT2D eigenvalue weighted by Gasteiger charge is -2.13. The van der Waals surface area contributed by atoms with Crippen molar-refractivity contribution in [2.24, 2.45) is 0 Å². The number of halogens is 5. The summed E-state index contributed by atoms with van der Waals surface area (Å²) in [6, 6.07) is 1.22. The maximum absolute atomic E-state index is 12.1. The molecule has 0 aliphatic heterocycles. The van der Waals surface area contributed by atoms with Crippen LogP contribution in [0, 0.1) is 3.57 Å². The Morgan fingerprint density at radius 2 is 2.19 bits per heavy atom. The molecule has 88 valence electrons. The summed E-state index contributed by atoms with van der Waals surface area (Å²) in [5.74, 6) is -0.379. The smallest absolute Gasteiger partial charge is 0.403 e. The van der Waals surface area contributed by atoms with Gasteiger partial charge in [-0.05, 0) is 28.7 Å². The number of alkyl halides is 4. The first kappa shape index (κ1) is 13.7. The van der Waals surface area contributed by atoms with Crippen LogP contribution in [0.2, 0.25) is 0 Å². The van der Waals surface area contributed by atoms with E-state index in [4.69, 9.17) is 0 Å². The second kappa shape index (κ2) is 5.30. The summed E-state index contributed by atoms with van der Waals surface area (Å²) in [5.41, 5.74) is 0.0969. The molecule has 0 radical (unpaired) electrons. The molecule has 1 rings (SSSR count). The standard InChI is InChI=1S/C8H4BrF3INO2/c9-2-6-7(16-8(10,11)12)5(13)1-4(3-15)14-6/h1,3H,2H2. The third-order valence-electron chi connectivity index (χ3n) is 1.48. The lowest BCUT2D eigenvalue weighted by molar-refractivity contribution is -0.275. The summed E-state index contributed by atoms with van der Waals surface area (Å²) in [4.78, 5) is 14.2. The number of rotatable bonds is 3. The molecule has 1 heterocycles. The van der Waals surface area contributed by atoms with Crippen LogP contribution in [-0.4, -0.2) is 17.6 Å². The van der Waals surface area contributed by atoms with E-state index in [1.807, 2.05) is 0 Å². The molecular formula is C8H4BrF3INO2. The van der Waals surface area contributed by atoms with E-state index < -0.39 is 6.36 Å². The van der Waals surface area contributed by atoms with E-state index in [0.29, 0.717) is 6.29 Å². The van der Waals surface area contributed by atoms with Crippen LogP contribution >= 0.6 is 38.5 Å². The van der Waals surface area contributed by atoms with Gasteiger partial charge in [0.1, 0.15) is 5.69 Å². The molecule has 0 aliphatic carbocycles. The number of hydrogen-bond donors (Lipinski definition) is 0. The molecule has 16 heavy (non-hydrogen) atoms. The van der Waals surface area contributed by atoms with Gasteiger partial charge in [-0.2, -0.15) is 0 Å². The monoisotopic (exact) mass is 409 g/mol. The summed E-state index contributed by atoms with van der Waals surface area (Å²) in [5, 5.41) is 0.0656. The first-order chi connectivity index (χ1) is 7.37. The van der Waals surface area contributed by atoms with Gasteiger partial charge < -0.3 is 4.74 Å². The van der Waals surface area contributed by atoms with Gasteiger partial charge in [-0.25, -0.2) is 4.98 Å². The van der Waals surface area contributed by atoms with Crippen molar-refractivity contribution in [3.05, 3.63) is 21.0 Å². The summed E-state index contributed by atoms with van der Waals surface area (Å²) >= 11 is 4.64. The maximum Gasteiger partial charge on any atom is 0.573 e. The van der Waals surface area contributed by atoms with Crippen LogP contribution in [0.25, 0.3) is 0 Å². The quantitative estimate of drug-likeness (QED) is 0.437. The molecule has 1 aromatic rings. The lowest BCUT2D eigenvalue weighted by Crippen LogP contribution is -2.19. The molecule has 1 aromatic heterocycles. The number of aldehydes is 1. The van der Waals surface area contributed by atoms with E-state index in [0.717, 1.165) is 0 Å². The Labute approximate surface area is 111 Å². The highest BCUT2D eigenvalue weighted by atomic mass is 127. The van der Waals surface area contributed by atoms with Crippen molar-refractivity contribution in [3.8, 4) is 5.75 Å². The molecule has 0 saturated carbocycles. The van der Waals surface area contributed by atoms with E-state index in [1.54, 1.807) is 22.6 Å². The third-order valence-corrected chi connectivity index (χ3v) is 2.82. The highest BCUT2D eigenvalue weighted by Crippen LogP contribution is 2.31. The molecule has 0 fully saturated rings. The zero-order valence-corrected chi connectivity index (χ0v) is 11.3. The van der Waals surface area contributed by atoms with Crippen LogP contribution in [-0.2, 0) is 5.33 Å². The molecule has 0 saturated heterocycles. The van der Waals surface area contributed by atoms with E-state index in [1.165, 1.54) is 6.07 Å². The number of carbonyl (C=O) groups excluding carboxylic acids is 1. The van der Waals surface area contributed by atoms with Crippen molar-refractivity contribution in [3.63, 3.8) is 0 Å². The van der Waals surface area contributed by atoms with Crippen LogP contribution in [0.4, 0.5) is 13.2 Å². The van der Waals surface area contributed by atoms with Gasteiger partial charge in [-0.15, -0.1) is 13.2 Å².